The topological polar surface area (TPSA) is 216 Å². The minimum Gasteiger partial charge on any atom is -0.479 e. The predicted molar refractivity (Wildman–Crippen MR) is 59.5 cm³/mol. The highest BCUT2D eigenvalue weighted by molar-refractivity contribution is 5.73. The van der Waals surface area contributed by atoms with Gasteiger partial charge in [0.25, 0.3) is 0 Å². The Morgan fingerprint density at radius 2 is 1.05 bits per heavy atom. The predicted octanol–water partition coefficient (Wildman–Crippen LogP) is -5.07. The third kappa shape index (κ3) is 7.96. The highest BCUT2D eigenvalue weighted by Crippen LogP contribution is 1.99. The molecule has 9 N–H and O–H groups in total. The molecule has 0 radical (unpaired) electrons. The van der Waals surface area contributed by atoms with Crippen molar-refractivity contribution in [2.75, 3.05) is 13.2 Å². The third-order valence-corrected chi connectivity index (χ3v) is 1.96. The number of hydrogen-bond acceptors (Lipinski definition) is 9. The number of hydrogen-bond donors (Lipinski definition) is 9. The molecule has 0 amide bonds. The normalized spacial score (nSPS) is 17.9. The zero-order valence-electron chi connectivity index (χ0n) is 10.1. The molecular formula is C9H18O11. The van der Waals surface area contributed by atoms with Gasteiger partial charge in [0.2, 0.25) is 0 Å². The zero-order valence-corrected chi connectivity index (χ0v) is 10.1. The molecule has 0 bridgehead atoms. The van der Waals surface area contributed by atoms with Gasteiger partial charge in [0.15, 0.2) is 12.2 Å². The van der Waals surface area contributed by atoms with E-state index in [1.54, 1.807) is 0 Å². The summed E-state index contributed by atoms with van der Waals surface area (Å²) in [7, 11) is 0. The van der Waals surface area contributed by atoms with Gasteiger partial charge in [-0.3, -0.25) is 0 Å². The van der Waals surface area contributed by atoms with Crippen molar-refractivity contribution in [3.05, 3.63) is 0 Å². The molecule has 0 aliphatic rings. The van der Waals surface area contributed by atoms with E-state index in [9.17, 15) is 9.59 Å². The van der Waals surface area contributed by atoms with Gasteiger partial charge in [-0.25, -0.2) is 9.59 Å². The highest BCUT2D eigenvalue weighted by Gasteiger charge is 2.29. The lowest BCUT2D eigenvalue weighted by Crippen LogP contribution is -2.43. The van der Waals surface area contributed by atoms with Crippen molar-refractivity contribution < 1.29 is 55.5 Å². The van der Waals surface area contributed by atoms with E-state index in [1.807, 2.05) is 0 Å². The molecule has 0 aromatic rings. The first-order valence-corrected chi connectivity index (χ1v) is 5.17. The molecular weight excluding hydrogens is 284 g/mol. The molecule has 11 nitrogen and oxygen atoms in total. The minimum atomic E-state index is -2.07. The van der Waals surface area contributed by atoms with Gasteiger partial charge in [-0.2, -0.15) is 0 Å². The van der Waals surface area contributed by atoms with Gasteiger partial charge in [0.1, 0.15) is 18.3 Å². The SMILES string of the molecule is O=C(O)C(O)C(O)C(O)CO.O=C(O)[C@@H](O)[C@H](O)CO. The molecule has 0 heterocycles. The van der Waals surface area contributed by atoms with Gasteiger partial charge in [-0.1, -0.05) is 0 Å². The summed E-state index contributed by atoms with van der Waals surface area (Å²) < 4.78 is 0. The number of aliphatic hydroxyl groups is 7. The molecule has 20 heavy (non-hydrogen) atoms. The van der Waals surface area contributed by atoms with Gasteiger partial charge in [-0.05, 0) is 0 Å². The fourth-order valence-corrected chi connectivity index (χ4v) is 0.729. The van der Waals surface area contributed by atoms with Gasteiger partial charge in [-0.15, -0.1) is 0 Å². The first-order chi connectivity index (χ1) is 9.09. The van der Waals surface area contributed by atoms with Crippen LogP contribution in [0.5, 0.6) is 0 Å². The molecule has 0 spiro atoms. The first kappa shape index (κ1) is 21.0. The van der Waals surface area contributed by atoms with E-state index in [4.69, 9.17) is 46.0 Å². The van der Waals surface area contributed by atoms with Crippen LogP contribution >= 0.6 is 0 Å². The molecule has 11 heteroatoms. The van der Waals surface area contributed by atoms with Crippen molar-refractivity contribution in [2.45, 2.75) is 30.5 Å². The van der Waals surface area contributed by atoms with Crippen LogP contribution in [0.1, 0.15) is 0 Å². The summed E-state index contributed by atoms with van der Waals surface area (Å²) >= 11 is 0. The first-order valence-electron chi connectivity index (χ1n) is 5.17. The molecule has 120 valence electrons. The van der Waals surface area contributed by atoms with Crippen LogP contribution in [0.15, 0.2) is 0 Å². The maximum atomic E-state index is 9.96. The number of aliphatic hydroxyl groups excluding tert-OH is 7. The number of rotatable bonds is 7. The van der Waals surface area contributed by atoms with Crippen LogP contribution in [-0.4, -0.2) is 102 Å². The van der Waals surface area contributed by atoms with Crippen molar-refractivity contribution in [1.29, 1.82) is 0 Å². The summed E-state index contributed by atoms with van der Waals surface area (Å²) in [4.78, 5) is 19.7. The molecule has 0 saturated heterocycles. The second kappa shape index (κ2) is 10.4. The Labute approximate surface area is 112 Å². The molecule has 0 aliphatic carbocycles. The van der Waals surface area contributed by atoms with Gasteiger partial charge < -0.3 is 46.0 Å². The van der Waals surface area contributed by atoms with Crippen molar-refractivity contribution in [1.82, 2.24) is 0 Å². The van der Waals surface area contributed by atoms with Crippen LogP contribution in [0.2, 0.25) is 0 Å². The summed E-state index contributed by atoms with van der Waals surface area (Å²) in [5.74, 6) is -3.19. The third-order valence-electron chi connectivity index (χ3n) is 1.96. The maximum absolute atomic E-state index is 9.96. The summed E-state index contributed by atoms with van der Waals surface area (Å²) in [6, 6.07) is 0. The Kier molecular flexibility index (Phi) is 11.0. The quantitative estimate of drug-likeness (QED) is 0.217. The van der Waals surface area contributed by atoms with Crippen molar-refractivity contribution in [3.63, 3.8) is 0 Å². The second-order valence-electron chi connectivity index (χ2n) is 3.56. The van der Waals surface area contributed by atoms with E-state index < -0.39 is 55.7 Å². The molecule has 0 rings (SSSR count). The van der Waals surface area contributed by atoms with E-state index in [-0.39, 0.29) is 0 Å². The Morgan fingerprint density at radius 3 is 1.25 bits per heavy atom. The van der Waals surface area contributed by atoms with Crippen molar-refractivity contribution >= 4 is 11.9 Å². The Morgan fingerprint density at radius 1 is 0.700 bits per heavy atom. The minimum absolute atomic E-state index is 0.756. The van der Waals surface area contributed by atoms with E-state index in [1.165, 1.54) is 0 Å². The van der Waals surface area contributed by atoms with E-state index in [0.717, 1.165) is 0 Å². The van der Waals surface area contributed by atoms with Crippen molar-refractivity contribution in [3.8, 4) is 0 Å². The van der Waals surface area contributed by atoms with Gasteiger partial charge >= 0.3 is 11.9 Å². The molecule has 0 aliphatic heterocycles. The Bertz CT molecular complexity index is 294. The monoisotopic (exact) mass is 302 g/mol. The fourth-order valence-electron chi connectivity index (χ4n) is 0.729. The number of aliphatic carboxylic acids is 2. The Hall–Kier alpha value is -1.34. The average molecular weight is 302 g/mol. The van der Waals surface area contributed by atoms with Gasteiger partial charge in [0, 0.05) is 0 Å². The Balaban J connectivity index is 0. The van der Waals surface area contributed by atoms with Crippen LogP contribution in [0.3, 0.4) is 0 Å². The standard InChI is InChI=1S/C5H10O6.C4H8O5/c6-1-2(7)3(8)4(9)5(10)11;5-1-2(6)3(7)4(8)9/h2-4,6-9H,1H2,(H,10,11);2-3,5-7H,1H2,(H,8,9)/t;2-,3+/m.1/s1. The smallest absolute Gasteiger partial charge is 0.335 e. The van der Waals surface area contributed by atoms with Crippen LogP contribution in [0.25, 0.3) is 0 Å². The highest BCUT2D eigenvalue weighted by atomic mass is 16.4. The van der Waals surface area contributed by atoms with Crippen molar-refractivity contribution in [2.24, 2.45) is 0 Å². The average Bonchev–Trinajstić information content (AvgIpc) is 2.43. The van der Waals surface area contributed by atoms with E-state index in [0.29, 0.717) is 0 Å². The molecule has 0 saturated carbocycles. The van der Waals surface area contributed by atoms with E-state index in [2.05, 4.69) is 0 Å². The molecule has 0 aromatic heterocycles. The molecule has 0 fully saturated rings. The van der Waals surface area contributed by atoms with Crippen LogP contribution in [-0.2, 0) is 9.59 Å². The van der Waals surface area contributed by atoms with Crippen LogP contribution in [0, 0.1) is 0 Å². The lowest BCUT2D eigenvalue weighted by molar-refractivity contribution is -0.159. The van der Waals surface area contributed by atoms with Gasteiger partial charge in [0.05, 0.1) is 13.2 Å². The lowest BCUT2D eigenvalue weighted by Gasteiger charge is -2.17. The zero-order chi connectivity index (χ0) is 16.5. The molecule has 3 unspecified atom stereocenters. The lowest BCUT2D eigenvalue weighted by atomic mass is 10.1. The number of carboxylic acids is 2. The number of carbonyl (C=O) groups is 2. The maximum Gasteiger partial charge on any atom is 0.335 e. The second-order valence-corrected chi connectivity index (χ2v) is 3.56. The molecule has 5 atom stereocenters. The number of carboxylic acid groups (broad SMARTS) is 2. The van der Waals surface area contributed by atoms with E-state index >= 15 is 0 Å². The summed E-state index contributed by atoms with van der Waals surface area (Å²) in [6.07, 6.45) is -9.06. The fraction of sp³-hybridized carbons (Fsp3) is 0.778. The van der Waals surface area contributed by atoms with Crippen LogP contribution < -0.4 is 0 Å². The molecule has 0 aromatic carbocycles. The summed E-state index contributed by atoms with van der Waals surface area (Å²) in [5.41, 5.74) is 0. The largest absolute Gasteiger partial charge is 0.479 e. The summed E-state index contributed by atoms with van der Waals surface area (Å²) in [5, 5.41) is 75.1. The summed E-state index contributed by atoms with van der Waals surface area (Å²) in [6.45, 7) is -1.56. The van der Waals surface area contributed by atoms with Crippen LogP contribution in [0.4, 0.5) is 0 Å².